The Bertz CT molecular complexity index is 684. The van der Waals surface area contributed by atoms with Gasteiger partial charge in [-0.1, -0.05) is 12.1 Å². The number of hydrogen-bond acceptors (Lipinski definition) is 4. The van der Waals surface area contributed by atoms with Crippen LogP contribution in [-0.2, 0) is 11.2 Å². The maximum absolute atomic E-state index is 11.8. The van der Waals surface area contributed by atoms with Crippen LogP contribution in [0.3, 0.4) is 0 Å². The van der Waals surface area contributed by atoms with Gasteiger partial charge in [0.1, 0.15) is 0 Å². The van der Waals surface area contributed by atoms with Crippen molar-refractivity contribution in [2.24, 2.45) is 4.99 Å². The SMILES string of the molecule is CCOC(=O)N1CCC(NC(=NC)NCCc2cccc(C(=O)NC)c2)CC1. The van der Waals surface area contributed by atoms with Gasteiger partial charge in [0.25, 0.3) is 5.91 Å². The van der Waals surface area contributed by atoms with Gasteiger partial charge in [0.2, 0.25) is 0 Å². The standard InChI is InChI=1S/C20H31N5O3/c1-4-28-20(27)25-12-9-17(10-13-25)24-19(22-3)23-11-8-15-6-5-7-16(14-15)18(26)21-2/h5-7,14,17H,4,8-13H2,1-3H3,(H,21,26)(H2,22,23,24). The molecule has 1 aromatic carbocycles. The number of hydrogen-bond donors (Lipinski definition) is 3. The van der Waals surface area contributed by atoms with Crippen LogP contribution in [0, 0.1) is 0 Å². The predicted molar refractivity (Wildman–Crippen MR) is 110 cm³/mol. The van der Waals surface area contributed by atoms with Crippen molar-refractivity contribution in [2.45, 2.75) is 32.2 Å². The zero-order chi connectivity index (χ0) is 20.4. The van der Waals surface area contributed by atoms with Crippen LogP contribution in [0.15, 0.2) is 29.3 Å². The molecular formula is C20H31N5O3. The lowest BCUT2D eigenvalue weighted by Gasteiger charge is -2.32. The molecule has 1 aliphatic heterocycles. The normalized spacial score (nSPS) is 15.1. The molecule has 28 heavy (non-hydrogen) atoms. The zero-order valence-electron chi connectivity index (χ0n) is 17.0. The summed E-state index contributed by atoms with van der Waals surface area (Å²) in [6.07, 6.45) is 2.26. The van der Waals surface area contributed by atoms with Gasteiger partial charge >= 0.3 is 6.09 Å². The number of amides is 2. The molecule has 2 rings (SSSR count). The molecule has 1 saturated heterocycles. The molecule has 0 aromatic heterocycles. The van der Waals surface area contributed by atoms with E-state index in [1.165, 1.54) is 0 Å². The molecule has 1 fully saturated rings. The molecule has 154 valence electrons. The summed E-state index contributed by atoms with van der Waals surface area (Å²) in [5, 5.41) is 9.37. The highest BCUT2D eigenvalue weighted by Crippen LogP contribution is 2.11. The van der Waals surface area contributed by atoms with Crippen molar-refractivity contribution in [3.8, 4) is 0 Å². The summed E-state index contributed by atoms with van der Waals surface area (Å²) in [6, 6.07) is 7.88. The minimum atomic E-state index is -0.234. The second-order valence-corrected chi connectivity index (χ2v) is 6.63. The Labute approximate surface area is 166 Å². The van der Waals surface area contributed by atoms with Crippen LogP contribution in [0.4, 0.5) is 4.79 Å². The smallest absolute Gasteiger partial charge is 0.409 e. The van der Waals surface area contributed by atoms with Crippen LogP contribution < -0.4 is 16.0 Å². The molecule has 1 aromatic rings. The van der Waals surface area contributed by atoms with E-state index in [-0.39, 0.29) is 18.0 Å². The van der Waals surface area contributed by atoms with Crippen molar-refractivity contribution >= 4 is 18.0 Å². The molecule has 0 radical (unpaired) electrons. The zero-order valence-corrected chi connectivity index (χ0v) is 17.0. The summed E-state index contributed by atoms with van der Waals surface area (Å²) in [5.74, 6) is 0.665. The van der Waals surface area contributed by atoms with Crippen molar-refractivity contribution < 1.29 is 14.3 Å². The fraction of sp³-hybridized carbons (Fsp3) is 0.550. The van der Waals surface area contributed by atoms with Crippen LogP contribution >= 0.6 is 0 Å². The van der Waals surface area contributed by atoms with Gasteiger partial charge in [-0.3, -0.25) is 9.79 Å². The Morgan fingerprint density at radius 1 is 1.29 bits per heavy atom. The van der Waals surface area contributed by atoms with E-state index in [0.29, 0.717) is 31.8 Å². The van der Waals surface area contributed by atoms with Gasteiger partial charge in [-0.15, -0.1) is 0 Å². The lowest BCUT2D eigenvalue weighted by atomic mass is 10.1. The van der Waals surface area contributed by atoms with Gasteiger partial charge < -0.3 is 25.6 Å². The number of nitrogens with one attached hydrogen (secondary N) is 3. The Morgan fingerprint density at radius 3 is 2.68 bits per heavy atom. The van der Waals surface area contributed by atoms with Gasteiger partial charge in [-0.2, -0.15) is 0 Å². The molecule has 8 heteroatoms. The van der Waals surface area contributed by atoms with Crippen molar-refractivity contribution in [1.29, 1.82) is 0 Å². The van der Waals surface area contributed by atoms with Gasteiger partial charge in [0.05, 0.1) is 6.61 Å². The van der Waals surface area contributed by atoms with Crippen LogP contribution in [0.2, 0.25) is 0 Å². The highest BCUT2D eigenvalue weighted by atomic mass is 16.6. The molecular weight excluding hydrogens is 358 g/mol. The van der Waals surface area contributed by atoms with Crippen LogP contribution in [0.1, 0.15) is 35.7 Å². The Hall–Kier alpha value is -2.77. The van der Waals surface area contributed by atoms with E-state index in [9.17, 15) is 9.59 Å². The molecule has 2 amide bonds. The highest BCUT2D eigenvalue weighted by molar-refractivity contribution is 5.94. The summed E-state index contributed by atoms with van der Waals surface area (Å²) >= 11 is 0. The minimum Gasteiger partial charge on any atom is -0.450 e. The van der Waals surface area contributed by atoms with E-state index < -0.39 is 0 Å². The van der Waals surface area contributed by atoms with Gasteiger partial charge in [-0.05, 0) is 43.9 Å². The molecule has 3 N–H and O–H groups in total. The first-order valence-electron chi connectivity index (χ1n) is 9.77. The molecule has 8 nitrogen and oxygen atoms in total. The molecule has 0 aliphatic carbocycles. The third-order valence-electron chi connectivity index (χ3n) is 4.71. The number of likely N-dealkylation sites (tertiary alicyclic amines) is 1. The summed E-state index contributed by atoms with van der Waals surface area (Å²) in [5.41, 5.74) is 1.75. The number of nitrogens with zero attached hydrogens (tertiary/aromatic N) is 2. The van der Waals surface area contributed by atoms with E-state index in [4.69, 9.17) is 4.74 Å². The number of piperidine rings is 1. The number of ether oxygens (including phenoxy) is 1. The average Bonchev–Trinajstić information content (AvgIpc) is 2.73. The third kappa shape index (κ3) is 6.44. The second kappa shape index (κ2) is 11.2. The lowest BCUT2D eigenvalue weighted by Crippen LogP contribution is -2.50. The average molecular weight is 390 g/mol. The number of benzene rings is 1. The Balaban J connectivity index is 1.75. The first kappa shape index (κ1) is 21.5. The number of rotatable bonds is 6. The lowest BCUT2D eigenvalue weighted by molar-refractivity contribution is 0.0955. The van der Waals surface area contributed by atoms with E-state index >= 15 is 0 Å². The predicted octanol–water partition coefficient (Wildman–Crippen LogP) is 1.37. The van der Waals surface area contributed by atoms with Crippen LogP contribution in [-0.4, -0.2) is 69.2 Å². The maximum Gasteiger partial charge on any atom is 0.409 e. The van der Waals surface area contributed by atoms with Gasteiger partial charge in [-0.25, -0.2) is 4.79 Å². The quantitative estimate of drug-likeness (QED) is 0.505. The van der Waals surface area contributed by atoms with Gasteiger partial charge in [0, 0.05) is 45.3 Å². The monoisotopic (exact) mass is 389 g/mol. The van der Waals surface area contributed by atoms with Crippen molar-refractivity contribution in [3.63, 3.8) is 0 Å². The number of aliphatic imine (C=N–C) groups is 1. The Morgan fingerprint density at radius 2 is 2.04 bits per heavy atom. The first-order valence-corrected chi connectivity index (χ1v) is 9.77. The summed E-state index contributed by atoms with van der Waals surface area (Å²) in [6.45, 7) is 4.29. The fourth-order valence-electron chi connectivity index (χ4n) is 3.15. The summed E-state index contributed by atoms with van der Waals surface area (Å²) < 4.78 is 5.05. The molecule has 0 spiro atoms. The Kier molecular flexibility index (Phi) is 8.58. The van der Waals surface area contributed by atoms with Crippen molar-refractivity contribution in [2.75, 3.05) is 40.3 Å². The summed E-state index contributed by atoms with van der Waals surface area (Å²) in [7, 11) is 3.37. The maximum atomic E-state index is 11.8. The topological polar surface area (TPSA) is 95.1 Å². The molecule has 0 saturated carbocycles. The van der Waals surface area contributed by atoms with Crippen LogP contribution in [0.5, 0.6) is 0 Å². The minimum absolute atomic E-state index is 0.0820. The highest BCUT2D eigenvalue weighted by Gasteiger charge is 2.23. The second-order valence-electron chi connectivity index (χ2n) is 6.63. The molecule has 1 heterocycles. The van der Waals surface area contributed by atoms with Crippen LogP contribution in [0.25, 0.3) is 0 Å². The van der Waals surface area contributed by atoms with E-state index in [1.54, 1.807) is 25.1 Å². The molecule has 1 aliphatic rings. The number of carbonyl (C=O) groups is 2. The number of carbonyl (C=O) groups excluding carboxylic acids is 2. The van der Waals surface area contributed by atoms with E-state index in [0.717, 1.165) is 30.8 Å². The van der Waals surface area contributed by atoms with Gasteiger partial charge in [0.15, 0.2) is 5.96 Å². The largest absolute Gasteiger partial charge is 0.450 e. The fourth-order valence-corrected chi connectivity index (χ4v) is 3.15. The van der Waals surface area contributed by atoms with E-state index in [2.05, 4.69) is 20.9 Å². The summed E-state index contributed by atoms with van der Waals surface area (Å²) in [4.78, 5) is 29.5. The molecule has 0 unspecified atom stereocenters. The van der Waals surface area contributed by atoms with Crippen molar-refractivity contribution in [3.05, 3.63) is 35.4 Å². The third-order valence-corrected chi connectivity index (χ3v) is 4.71. The van der Waals surface area contributed by atoms with Crippen molar-refractivity contribution in [1.82, 2.24) is 20.9 Å². The first-order chi connectivity index (χ1) is 13.6. The molecule has 0 bridgehead atoms. The number of guanidine groups is 1. The molecule has 0 atom stereocenters. The van der Waals surface area contributed by atoms with E-state index in [1.807, 2.05) is 25.1 Å².